The quantitative estimate of drug-likeness (QED) is 0.602. The number of hydrogen-bond donors (Lipinski definition) is 1. The van der Waals surface area contributed by atoms with Crippen molar-refractivity contribution in [3.63, 3.8) is 0 Å². The van der Waals surface area contributed by atoms with E-state index in [4.69, 9.17) is 0 Å². The molecule has 1 aromatic heterocycles. The number of ether oxygens (including phenoxy) is 1. The zero-order chi connectivity index (χ0) is 19.9. The molecular weight excluding hydrogens is 395 g/mol. The van der Waals surface area contributed by atoms with Crippen LogP contribution in [0.4, 0.5) is 35.7 Å². The van der Waals surface area contributed by atoms with Gasteiger partial charge in [0, 0.05) is 4.88 Å². The maximum absolute atomic E-state index is 13.5. The summed E-state index contributed by atoms with van der Waals surface area (Å²) in [6, 6.07) is 0. The molecule has 1 aromatic rings. The minimum atomic E-state index is -6.63. The van der Waals surface area contributed by atoms with Crippen LogP contribution in [0.3, 0.4) is 0 Å². The van der Waals surface area contributed by atoms with Crippen molar-refractivity contribution in [3.8, 4) is 0 Å². The number of halogens is 7. The first-order chi connectivity index (χ1) is 11.8. The van der Waals surface area contributed by atoms with Gasteiger partial charge in [0.1, 0.15) is 5.00 Å². The molecule has 1 amide bonds. The van der Waals surface area contributed by atoms with E-state index in [1.54, 1.807) is 0 Å². The van der Waals surface area contributed by atoms with E-state index >= 15 is 0 Å². The van der Waals surface area contributed by atoms with Gasteiger partial charge in [-0.25, -0.2) is 4.79 Å². The molecule has 0 saturated carbocycles. The lowest BCUT2D eigenvalue weighted by molar-refractivity contribution is -0.343. The highest BCUT2D eigenvalue weighted by Crippen LogP contribution is 2.47. The molecule has 4 nitrogen and oxygen atoms in total. The number of amides is 1. The maximum Gasteiger partial charge on any atom is 0.460 e. The second-order valence-corrected chi connectivity index (χ2v) is 6.61. The molecule has 1 aliphatic rings. The molecule has 0 radical (unpaired) electrons. The van der Waals surface area contributed by atoms with Gasteiger partial charge >= 0.3 is 29.9 Å². The Hall–Kier alpha value is -1.85. The number of carbonyl (C=O) groups is 2. The van der Waals surface area contributed by atoms with Gasteiger partial charge in [-0.1, -0.05) is 0 Å². The Balaban J connectivity index is 2.40. The molecule has 2 rings (SSSR count). The van der Waals surface area contributed by atoms with Crippen molar-refractivity contribution in [2.45, 2.75) is 43.7 Å². The number of rotatable bonds is 4. The van der Waals surface area contributed by atoms with Crippen molar-refractivity contribution in [2.75, 3.05) is 12.4 Å². The first-order valence-corrected chi connectivity index (χ1v) is 8.03. The SMILES string of the molecule is COC(=O)c1c(NC(=O)C(F)(F)C(F)(F)C(F)(F)F)sc2c1CCCC2. The minimum absolute atomic E-state index is 0.299. The number of alkyl halides is 7. The summed E-state index contributed by atoms with van der Waals surface area (Å²) in [6.07, 6.45) is -4.45. The Morgan fingerprint density at radius 2 is 1.62 bits per heavy atom. The van der Waals surface area contributed by atoms with Gasteiger partial charge in [-0.3, -0.25) is 4.79 Å². The molecule has 0 fully saturated rings. The summed E-state index contributed by atoms with van der Waals surface area (Å²) >= 11 is 0.676. The van der Waals surface area contributed by atoms with E-state index in [2.05, 4.69) is 4.74 Å². The number of hydrogen-bond acceptors (Lipinski definition) is 4. The second kappa shape index (κ2) is 6.71. The Morgan fingerprint density at radius 3 is 2.15 bits per heavy atom. The first kappa shape index (κ1) is 20.5. The van der Waals surface area contributed by atoms with Gasteiger partial charge in [0.25, 0.3) is 0 Å². The normalized spacial score (nSPS) is 15.4. The van der Waals surface area contributed by atoms with Crippen LogP contribution in [0.1, 0.15) is 33.6 Å². The fourth-order valence-corrected chi connectivity index (χ4v) is 3.75. The third kappa shape index (κ3) is 3.26. The van der Waals surface area contributed by atoms with Gasteiger partial charge in [0.2, 0.25) is 0 Å². The number of fused-ring (bicyclic) bond motifs is 1. The van der Waals surface area contributed by atoms with E-state index in [0.717, 1.165) is 7.11 Å². The Labute approximate surface area is 146 Å². The van der Waals surface area contributed by atoms with Crippen LogP contribution < -0.4 is 5.32 Å². The highest BCUT2D eigenvalue weighted by molar-refractivity contribution is 7.17. The molecule has 0 spiro atoms. The summed E-state index contributed by atoms with van der Waals surface area (Å²) in [5.41, 5.74) is 0.112. The smallest absolute Gasteiger partial charge is 0.460 e. The van der Waals surface area contributed by atoms with Gasteiger partial charge in [0.05, 0.1) is 12.7 Å². The molecule has 146 valence electrons. The maximum atomic E-state index is 13.5. The van der Waals surface area contributed by atoms with E-state index in [1.807, 2.05) is 0 Å². The zero-order valence-electron chi connectivity index (χ0n) is 13.1. The standard InChI is InChI=1S/C14H12F7NO3S/c1-25-10(23)8-6-4-2-3-5-7(6)26-9(8)22-11(24)12(15,16)13(17,18)14(19,20)21/h2-5H2,1H3,(H,22,24). The molecule has 1 N–H and O–H groups in total. The summed E-state index contributed by atoms with van der Waals surface area (Å²) < 4.78 is 94.0. The fourth-order valence-electron chi connectivity index (χ4n) is 2.47. The van der Waals surface area contributed by atoms with Crippen LogP contribution in [-0.4, -0.2) is 37.0 Å². The molecule has 26 heavy (non-hydrogen) atoms. The van der Waals surface area contributed by atoms with E-state index in [-0.39, 0.29) is 5.56 Å². The Kier molecular flexibility index (Phi) is 5.28. The number of methoxy groups -OCH3 is 1. The van der Waals surface area contributed by atoms with Crippen LogP contribution in [0.25, 0.3) is 0 Å². The predicted molar refractivity (Wildman–Crippen MR) is 76.9 cm³/mol. The van der Waals surface area contributed by atoms with Crippen molar-refractivity contribution in [1.29, 1.82) is 0 Å². The minimum Gasteiger partial charge on any atom is -0.465 e. The van der Waals surface area contributed by atoms with Crippen molar-refractivity contribution in [3.05, 3.63) is 16.0 Å². The van der Waals surface area contributed by atoms with Gasteiger partial charge in [-0.15, -0.1) is 11.3 Å². The summed E-state index contributed by atoms with van der Waals surface area (Å²) in [7, 11) is 0.979. The largest absolute Gasteiger partial charge is 0.465 e. The van der Waals surface area contributed by atoms with E-state index < -0.39 is 34.9 Å². The summed E-state index contributed by atoms with van der Waals surface area (Å²) in [5, 5.41) is 0.814. The Bertz CT molecular complexity index is 727. The van der Waals surface area contributed by atoms with Gasteiger partial charge < -0.3 is 10.1 Å². The number of carbonyl (C=O) groups excluding carboxylic acids is 2. The molecule has 0 saturated heterocycles. The summed E-state index contributed by atoms with van der Waals surface area (Å²) in [5.74, 6) is -16.5. The third-order valence-electron chi connectivity index (χ3n) is 3.82. The topological polar surface area (TPSA) is 55.4 Å². The van der Waals surface area contributed by atoms with Crippen molar-refractivity contribution in [2.24, 2.45) is 0 Å². The highest BCUT2D eigenvalue weighted by atomic mass is 32.1. The molecular formula is C14H12F7NO3S. The highest BCUT2D eigenvalue weighted by Gasteiger charge is 2.76. The lowest BCUT2D eigenvalue weighted by atomic mass is 9.95. The molecule has 0 unspecified atom stereocenters. The third-order valence-corrected chi connectivity index (χ3v) is 5.03. The van der Waals surface area contributed by atoms with E-state index in [0.29, 0.717) is 47.5 Å². The number of nitrogens with one attached hydrogen (secondary N) is 1. The van der Waals surface area contributed by atoms with Gasteiger partial charge in [0.15, 0.2) is 0 Å². The average molecular weight is 407 g/mol. The van der Waals surface area contributed by atoms with Crippen molar-refractivity contribution in [1.82, 2.24) is 0 Å². The monoisotopic (exact) mass is 407 g/mol. The van der Waals surface area contributed by atoms with Crippen LogP contribution in [0.2, 0.25) is 0 Å². The number of aryl methyl sites for hydroxylation is 1. The second-order valence-electron chi connectivity index (χ2n) is 5.51. The van der Waals surface area contributed by atoms with E-state index in [9.17, 15) is 40.3 Å². The lowest BCUT2D eigenvalue weighted by Crippen LogP contribution is -2.57. The molecule has 0 aliphatic heterocycles. The molecule has 0 bridgehead atoms. The van der Waals surface area contributed by atoms with Gasteiger partial charge in [-0.2, -0.15) is 30.7 Å². The average Bonchev–Trinajstić information content (AvgIpc) is 2.90. The number of thiophene rings is 1. The first-order valence-electron chi connectivity index (χ1n) is 7.21. The van der Waals surface area contributed by atoms with Crippen molar-refractivity contribution >= 4 is 28.2 Å². The van der Waals surface area contributed by atoms with Crippen LogP contribution in [-0.2, 0) is 22.4 Å². The molecule has 0 aromatic carbocycles. The van der Waals surface area contributed by atoms with Gasteiger partial charge in [-0.05, 0) is 31.2 Å². The Morgan fingerprint density at radius 1 is 1.04 bits per heavy atom. The zero-order valence-corrected chi connectivity index (χ0v) is 13.9. The summed E-state index contributed by atoms with van der Waals surface area (Å²) in [6.45, 7) is 0. The molecule has 12 heteroatoms. The summed E-state index contributed by atoms with van der Waals surface area (Å²) in [4.78, 5) is 23.9. The predicted octanol–water partition coefficient (Wildman–Crippen LogP) is 4.18. The number of esters is 1. The fraction of sp³-hybridized carbons (Fsp3) is 0.571. The van der Waals surface area contributed by atoms with E-state index in [1.165, 1.54) is 5.32 Å². The molecule has 0 atom stereocenters. The van der Waals surface area contributed by atoms with Crippen molar-refractivity contribution < 1.29 is 45.1 Å². The van der Waals surface area contributed by atoms with Crippen LogP contribution in [0.15, 0.2) is 0 Å². The van der Waals surface area contributed by atoms with Crippen LogP contribution in [0, 0.1) is 0 Å². The van der Waals surface area contributed by atoms with Crippen LogP contribution >= 0.6 is 11.3 Å². The molecule has 1 heterocycles. The number of anilines is 1. The lowest BCUT2D eigenvalue weighted by Gasteiger charge is -2.26. The molecule has 1 aliphatic carbocycles. The van der Waals surface area contributed by atoms with Crippen LogP contribution in [0.5, 0.6) is 0 Å².